The molecule has 1 saturated carbocycles. The molecule has 1 aliphatic carbocycles. The molecular weight excluding hydrogens is 218 g/mol. The molecule has 1 fully saturated rings. The number of aliphatic hydroxyl groups is 1. The van der Waals surface area contributed by atoms with Gasteiger partial charge in [0.05, 0.1) is 12.2 Å². The van der Waals surface area contributed by atoms with Gasteiger partial charge in [-0.25, -0.2) is 0 Å². The van der Waals surface area contributed by atoms with Crippen molar-refractivity contribution in [2.45, 2.75) is 77.2 Å². The van der Waals surface area contributed by atoms with Gasteiger partial charge in [0.1, 0.15) is 0 Å². The predicted molar refractivity (Wildman–Crippen MR) is 66.7 cm³/mol. The van der Waals surface area contributed by atoms with E-state index in [2.05, 4.69) is 5.32 Å². The molecule has 0 aromatic heterocycles. The van der Waals surface area contributed by atoms with Gasteiger partial charge in [-0.2, -0.15) is 0 Å². The molecule has 0 saturated heterocycles. The summed E-state index contributed by atoms with van der Waals surface area (Å²) in [5.41, 5.74) is 0. The lowest BCUT2D eigenvalue weighted by molar-refractivity contribution is -0.142. The van der Waals surface area contributed by atoms with Crippen molar-refractivity contribution < 1.29 is 14.6 Å². The van der Waals surface area contributed by atoms with E-state index in [1.165, 1.54) is 19.3 Å². The van der Waals surface area contributed by atoms with E-state index in [4.69, 9.17) is 4.74 Å². The van der Waals surface area contributed by atoms with Gasteiger partial charge in [-0.15, -0.1) is 0 Å². The van der Waals surface area contributed by atoms with Crippen molar-refractivity contribution in [1.29, 1.82) is 0 Å². The van der Waals surface area contributed by atoms with Crippen molar-refractivity contribution in [2.24, 2.45) is 0 Å². The average molecular weight is 243 g/mol. The van der Waals surface area contributed by atoms with Crippen molar-refractivity contribution in [3.05, 3.63) is 0 Å². The number of aliphatic hydroxyl groups excluding tert-OH is 1. The Labute approximate surface area is 104 Å². The Morgan fingerprint density at radius 3 is 2.35 bits per heavy atom. The first-order valence-electron chi connectivity index (χ1n) is 6.64. The van der Waals surface area contributed by atoms with Gasteiger partial charge in [0.15, 0.2) is 6.10 Å². The number of nitrogens with one attached hydrogen (secondary N) is 1. The Hall–Kier alpha value is -0.610. The monoisotopic (exact) mass is 243 g/mol. The maximum Gasteiger partial charge on any atom is 0.251 e. The second-order valence-electron chi connectivity index (χ2n) is 5.21. The summed E-state index contributed by atoms with van der Waals surface area (Å²) in [6, 6.07) is 0.0408. The van der Waals surface area contributed by atoms with E-state index in [9.17, 15) is 9.90 Å². The first-order valence-corrected chi connectivity index (χ1v) is 6.64. The Bertz CT molecular complexity index is 237. The molecule has 0 heterocycles. The largest absolute Gasteiger partial charge is 0.381 e. The zero-order valence-electron chi connectivity index (χ0n) is 11.1. The molecule has 4 heteroatoms. The third-order valence-electron chi connectivity index (χ3n) is 3.10. The van der Waals surface area contributed by atoms with Crippen molar-refractivity contribution in [3.63, 3.8) is 0 Å². The summed E-state index contributed by atoms with van der Waals surface area (Å²) < 4.78 is 5.74. The van der Waals surface area contributed by atoms with Gasteiger partial charge in [-0.05, 0) is 33.6 Å². The summed E-state index contributed by atoms with van der Waals surface area (Å²) >= 11 is 0. The molecule has 4 nitrogen and oxygen atoms in total. The third-order valence-corrected chi connectivity index (χ3v) is 3.10. The van der Waals surface area contributed by atoms with Gasteiger partial charge in [0, 0.05) is 6.04 Å². The number of amides is 1. The zero-order valence-corrected chi connectivity index (χ0v) is 11.1. The van der Waals surface area contributed by atoms with Crippen LogP contribution >= 0.6 is 0 Å². The Balaban J connectivity index is 2.34. The molecule has 1 amide bonds. The molecule has 0 spiro atoms. The summed E-state index contributed by atoms with van der Waals surface area (Å²) in [5.74, 6) is -0.344. The van der Waals surface area contributed by atoms with Crippen LogP contribution in [0.3, 0.4) is 0 Å². The molecule has 17 heavy (non-hydrogen) atoms. The fourth-order valence-corrected chi connectivity index (χ4v) is 2.16. The van der Waals surface area contributed by atoms with Crippen LogP contribution in [0, 0.1) is 0 Å². The Kier molecular flexibility index (Phi) is 5.92. The van der Waals surface area contributed by atoms with E-state index in [1.807, 2.05) is 13.8 Å². The molecular formula is C13H25NO3. The molecule has 2 atom stereocenters. The highest BCUT2D eigenvalue weighted by molar-refractivity contribution is 5.81. The van der Waals surface area contributed by atoms with E-state index in [0.717, 1.165) is 12.8 Å². The highest BCUT2D eigenvalue weighted by Gasteiger charge is 2.26. The minimum Gasteiger partial charge on any atom is -0.381 e. The van der Waals surface area contributed by atoms with Crippen molar-refractivity contribution in [3.8, 4) is 0 Å². The van der Waals surface area contributed by atoms with Crippen molar-refractivity contribution in [1.82, 2.24) is 5.32 Å². The van der Waals surface area contributed by atoms with Crippen LogP contribution in [0.15, 0.2) is 0 Å². The maximum atomic E-state index is 11.6. The van der Waals surface area contributed by atoms with Gasteiger partial charge in [-0.3, -0.25) is 4.79 Å². The lowest BCUT2D eigenvalue weighted by atomic mass is 9.97. The SMILES string of the molecule is CC(C)NC(=O)C(O)C(C)OC1CCCCC1. The highest BCUT2D eigenvalue weighted by Crippen LogP contribution is 2.22. The summed E-state index contributed by atoms with van der Waals surface area (Å²) in [4.78, 5) is 11.6. The molecule has 0 radical (unpaired) electrons. The minimum absolute atomic E-state index is 0.0408. The standard InChI is InChI=1S/C13H25NO3/c1-9(2)14-13(16)12(15)10(3)17-11-7-5-4-6-8-11/h9-12,15H,4-8H2,1-3H3,(H,14,16). The Morgan fingerprint density at radius 2 is 1.82 bits per heavy atom. The topological polar surface area (TPSA) is 58.6 Å². The number of ether oxygens (including phenoxy) is 1. The van der Waals surface area contributed by atoms with Crippen LogP contribution in [-0.2, 0) is 9.53 Å². The van der Waals surface area contributed by atoms with Crippen LogP contribution in [0.5, 0.6) is 0 Å². The van der Waals surface area contributed by atoms with Crippen LogP contribution in [0.1, 0.15) is 52.9 Å². The number of carbonyl (C=O) groups excluding carboxylic acids is 1. The van der Waals surface area contributed by atoms with Gasteiger partial charge < -0.3 is 15.2 Å². The van der Waals surface area contributed by atoms with Gasteiger partial charge in [-0.1, -0.05) is 19.3 Å². The van der Waals surface area contributed by atoms with Gasteiger partial charge >= 0.3 is 0 Å². The summed E-state index contributed by atoms with van der Waals surface area (Å²) in [6.45, 7) is 5.51. The third kappa shape index (κ3) is 5.04. The predicted octanol–water partition coefficient (Wildman–Crippen LogP) is 1.61. The fraction of sp³-hybridized carbons (Fsp3) is 0.923. The smallest absolute Gasteiger partial charge is 0.251 e. The molecule has 100 valence electrons. The average Bonchev–Trinajstić information content (AvgIpc) is 2.28. The summed E-state index contributed by atoms with van der Waals surface area (Å²) in [5, 5.41) is 12.5. The summed E-state index contributed by atoms with van der Waals surface area (Å²) in [6.07, 6.45) is 4.43. The number of carbonyl (C=O) groups is 1. The highest BCUT2D eigenvalue weighted by atomic mass is 16.5. The van der Waals surface area contributed by atoms with Gasteiger partial charge in [0.2, 0.25) is 0 Å². The van der Waals surface area contributed by atoms with E-state index >= 15 is 0 Å². The number of hydrogen-bond acceptors (Lipinski definition) is 3. The first kappa shape index (κ1) is 14.5. The van der Waals surface area contributed by atoms with Crippen molar-refractivity contribution >= 4 is 5.91 Å². The molecule has 0 bridgehead atoms. The van der Waals surface area contributed by atoms with E-state index in [0.29, 0.717) is 0 Å². The zero-order chi connectivity index (χ0) is 12.8. The second kappa shape index (κ2) is 6.97. The molecule has 2 unspecified atom stereocenters. The number of hydrogen-bond donors (Lipinski definition) is 2. The van der Waals surface area contributed by atoms with E-state index in [1.54, 1.807) is 6.92 Å². The van der Waals surface area contributed by atoms with Crippen LogP contribution in [-0.4, -0.2) is 35.4 Å². The van der Waals surface area contributed by atoms with Crippen LogP contribution in [0.2, 0.25) is 0 Å². The molecule has 0 aromatic carbocycles. The van der Waals surface area contributed by atoms with Crippen LogP contribution in [0.25, 0.3) is 0 Å². The Morgan fingerprint density at radius 1 is 1.24 bits per heavy atom. The quantitative estimate of drug-likeness (QED) is 0.771. The van der Waals surface area contributed by atoms with Crippen LogP contribution in [0.4, 0.5) is 0 Å². The minimum atomic E-state index is -1.07. The fourth-order valence-electron chi connectivity index (χ4n) is 2.16. The molecule has 0 aliphatic heterocycles. The van der Waals surface area contributed by atoms with Crippen molar-refractivity contribution in [2.75, 3.05) is 0 Å². The van der Waals surface area contributed by atoms with Crippen LogP contribution < -0.4 is 5.32 Å². The van der Waals surface area contributed by atoms with Gasteiger partial charge in [0.25, 0.3) is 5.91 Å². The van der Waals surface area contributed by atoms with E-state index in [-0.39, 0.29) is 18.1 Å². The molecule has 2 N–H and O–H groups in total. The first-order chi connectivity index (χ1) is 8.00. The molecule has 1 aliphatic rings. The molecule has 1 rings (SSSR count). The number of rotatable bonds is 5. The maximum absolute atomic E-state index is 11.6. The lowest BCUT2D eigenvalue weighted by Gasteiger charge is -2.28. The lowest BCUT2D eigenvalue weighted by Crippen LogP contribution is -2.45. The molecule has 0 aromatic rings. The second-order valence-corrected chi connectivity index (χ2v) is 5.21. The normalized spacial score (nSPS) is 21.2. The summed E-state index contributed by atoms with van der Waals surface area (Å²) in [7, 11) is 0. The van der Waals surface area contributed by atoms with E-state index < -0.39 is 12.2 Å².